The van der Waals surface area contributed by atoms with Crippen molar-refractivity contribution in [1.29, 1.82) is 0 Å². The second-order valence-corrected chi connectivity index (χ2v) is 12.4. The fourth-order valence-corrected chi connectivity index (χ4v) is 6.56. The van der Waals surface area contributed by atoms with Gasteiger partial charge in [0, 0.05) is 28.3 Å². The summed E-state index contributed by atoms with van der Waals surface area (Å²) in [6.07, 6.45) is 1.81. The SMILES string of the molecule is Cc1cccc(-c2ccc(-c3nc(-c4ccccc4)nc(-c4ccc5c(c4)oc4nccc(-c6cccc(-c7ccccc7)c6)c45)n3)cc2)c1. The van der Waals surface area contributed by atoms with Crippen LogP contribution in [0.1, 0.15) is 5.56 Å². The van der Waals surface area contributed by atoms with Crippen LogP contribution in [0.5, 0.6) is 0 Å². The fraction of sp³-hybridized carbons (Fsp3) is 0.0222. The zero-order valence-electron chi connectivity index (χ0n) is 27.3. The fourth-order valence-electron chi connectivity index (χ4n) is 6.56. The van der Waals surface area contributed by atoms with E-state index in [1.807, 2.05) is 48.7 Å². The molecule has 236 valence electrons. The van der Waals surface area contributed by atoms with E-state index < -0.39 is 0 Å². The van der Waals surface area contributed by atoms with Crippen molar-refractivity contribution in [3.8, 4) is 67.5 Å². The third kappa shape index (κ3) is 5.51. The Morgan fingerprint density at radius 1 is 0.420 bits per heavy atom. The molecule has 0 radical (unpaired) electrons. The van der Waals surface area contributed by atoms with Gasteiger partial charge in [0.2, 0.25) is 5.71 Å². The van der Waals surface area contributed by atoms with Crippen LogP contribution in [-0.4, -0.2) is 19.9 Å². The smallest absolute Gasteiger partial charge is 0.227 e. The Hall–Kier alpha value is -6.72. The zero-order valence-corrected chi connectivity index (χ0v) is 27.3. The van der Waals surface area contributed by atoms with Crippen LogP contribution in [0.15, 0.2) is 168 Å². The lowest BCUT2D eigenvalue weighted by Gasteiger charge is -2.09. The predicted molar refractivity (Wildman–Crippen MR) is 202 cm³/mol. The summed E-state index contributed by atoms with van der Waals surface area (Å²) in [7, 11) is 0. The molecule has 0 unspecified atom stereocenters. The Kier molecular flexibility index (Phi) is 7.29. The number of nitrogens with zero attached hydrogens (tertiary/aromatic N) is 4. The Morgan fingerprint density at radius 3 is 1.68 bits per heavy atom. The van der Waals surface area contributed by atoms with E-state index in [1.54, 1.807) is 0 Å². The molecule has 0 saturated heterocycles. The van der Waals surface area contributed by atoms with E-state index in [9.17, 15) is 0 Å². The van der Waals surface area contributed by atoms with Crippen molar-refractivity contribution in [2.75, 3.05) is 0 Å². The summed E-state index contributed by atoms with van der Waals surface area (Å²) < 4.78 is 6.40. The second-order valence-electron chi connectivity index (χ2n) is 12.4. The lowest BCUT2D eigenvalue weighted by molar-refractivity contribution is 0.654. The van der Waals surface area contributed by atoms with Crippen LogP contribution in [0.4, 0.5) is 0 Å². The van der Waals surface area contributed by atoms with Crippen molar-refractivity contribution in [2.24, 2.45) is 0 Å². The van der Waals surface area contributed by atoms with Crippen LogP contribution in [0.3, 0.4) is 0 Å². The molecule has 9 rings (SSSR count). The van der Waals surface area contributed by atoms with Gasteiger partial charge in [-0.25, -0.2) is 19.9 Å². The van der Waals surface area contributed by atoms with Crippen LogP contribution in [0.2, 0.25) is 0 Å². The van der Waals surface area contributed by atoms with Crippen molar-refractivity contribution >= 4 is 22.1 Å². The van der Waals surface area contributed by atoms with Gasteiger partial charge in [-0.05, 0) is 64.6 Å². The molecule has 0 aliphatic rings. The average Bonchev–Trinajstić information content (AvgIpc) is 3.57. The van der Waals surface area contributed by atoms with E-state index in [1.165, 1.54) is 16.7 Å². The van der Waals surface area contributed by atoms with Crippen LogP contribution in [-0.2, 0) is 0 Å². The van der Waals surface area contributed by atoms with E-state index in [4.69, 9.17) is 19.4 Å². The number of aromatic nitrogens is 4. The molecule has 0 saturated carbocycles. The van der Waals surface area contributed by atoms with Crippen molar-refractivity contribution in [3.05, 3.63) is 169 Å². The number of benzene rings is 6. The van der Waals surface area contributed by atoms with E-state index >= 15 is 0 Å². The van der Waals surface area contributed by atoms with Gasteiger partial charge in [0.15, 0.2) is 17.5 Å². The number of furan rings is 1. The van der Waals surface area contributed by atoms with Gasteiger partial charge in [0.1, 0.15) is 5.58 Å². The normalized spacial score (nSPS) is 11.3. The minimum Gasteiger partial charge on any atom is -0.438 e. The summed E-state index contributed by atoms with van der Waals surface area (Å²) >= 11 is 0. The highest BCUT2D eigenvalue weighted by atomic mass is 16.3. The van der Waals surface area contributed by atoms with Gasteiger partial charge in [-0.15, -0.1) is 0 Å². The van der Waals surface area contributed by atoms with Crippen molar-refractivity contribution in [2.45, 2.75) is 6.92 Å². The van der Waals surface area contributed by atoms with E-state index in [-0.39, 0.29) is 0 Å². The van der Waals surface area contributed by atoms with Gasteiger partial charge in [0.25, 0.3) is 0 Å². The quantitative estimate of drug-likeness (QED) is 0.181. The molecular weight excluding hydrogens is 613 g/mol. The molecule has 50 heavy (non-hydrogen) atoms. The van der Waals surface area contributed by atoms with Gasteiger partial charge in [0.05, 0.1) is 5.39 Å². The van der Waals surface area contributed by atoms with E-state index in [0.29, 0.717) is 23.2 Å². The third-order valence-corrected chi connectivity index (χ3v) is 9.07. The van der Waals surface area contributed by atoms with E-state index in [0.717, 1.165) is 55.3 Å². The first-order valence-corrected chi connectivity index (χ1v) is 16.6. The molecule has 3 heterocycles. The van der Waals surface area contributed by atoms with E-state index in [2.05, 4.69) is 127 Å². The molecule has 5 heteroatoms. The van der Waals surface area contributed by atoms with Crippen molar-refractivity contribution in [3.63, 3.8) is 0 Å². The Labute approximate surface area is 289 Å². The molecule has 0 aliphatic carbocycles. The first-order chi connectivity index (χ1) is 24.7. The van der Waals surface area contributed by atoms with Crippen LogP contribution in [0, 0.1) is 6.92 Å². The molecule has 9 aromatic rings. The lowest BCUT2D eigenvalue weighted by Crippen LogP contribution is -2.00. The predicted octanol–water partition coefficient (Wildman–Crippen LogP) is 11.5. The van der Waals surface area contributed by atoms with Crippen molar-refractivity contribution in [1.82, 2.24) is 19.9 Å². The van der Waals surface area contributed by atoms with Crippen LogP contribution in [0.25, 0.3) is 89.6 Å². The molecule has 0 bridgehead atoms. The number of pyridine rings is 1. The summed E-state index contributed by atoms with van der Waals surface area (Å²) in [5.41, 5.74) is 12.1. The maximum Gasteiger partial charge on any atom is 0.227 e. The van der Waals surface area contributed by atoms with Gasteiger partial charge in [-0.3, -0.25) is 0 Å². The minimum absolute atomic E-state index is 0.572. The summed E-state index contributed by atoms with van der Waals surface area (Å²) in [4.78, 5) is 19.5. The average molecular weight is 643 g/mol. The van der Waals surface area contributed by atoms with Crippen molar-refractivity contribution < 1.29 is 4.42 Å². The zero-order chi connectivity index (χ0) is 33.4. The molecule has 0 aliphatic heterocycles. The molecule has 0 amide bonds. The summed E-state index contributed by atoms with van der Waals surface area (Å²) in [6, 6.07) is 54.2. The van der Waals surface area contributed by atoms with Gasteiger partial charge in [-0.2, -0.15) is 0 Å². The van der Waals surface area contributed by atoms with Crippen LogP contribution < -0.4 is 0 Å². The topological polar surface area (TPSA) is 64.7 Å². The molecule has 0 N–H and O–H groups in total. The summed E-state index contributed by atoms with van der Waals surface area (Å²) in [5.74, 6) is 1.79. The summed E-state index contributed by atoms with van der Waals surface area (Å²) in [5, 5.41) is 1.97. The second kappa shape index (κ2) is 12.4. The molecule has 6 aromatic carbocycles. The first-order valence-electron chi connectivity index (χ1n) is 16.6. The maximum absolute atomic E-state index is 6.40. The van der Waals surface area contributed by atoms with Crippen LogP contribution >= 0.6 is 0 Å². The molecular formula is C45H30N4O. The Balaban J connectivity index is 1.14. The standard InChI is InChI=1S/C45H30N4O/c1-29-10-8-15-34(26-29)31-18-20-33(21-19-31)43-47-42(32-13-6-3-7-14-32)48-44(49-43)37-22-23-39-40(28-37)50-45-41(39)38(24-25-46-45)36-17-9-16-35(27-36)30-11-4-2-5-12-30/h2-28H,1H3. The maximum atomic E-state index is 6.40. The molecule has 0 spiro atoms. The molecule has 0 fully saturated rings. The highest BCUT2D eigenvalue weighted by molar-refractivity contribution is 6.12. The number of fused-ring (bicyclic) bond motifs is 3. The van der Waals surface area contributed by atoms with Gasteiger partial charge >= 0.3 is 0 Å². The Morgan fingerprint density at radius 2 is 0.960 bits per heavy atom. The first kappa shape index (κ1) is 29.4. The number of rotatable bonds is 6. The number of hydrogen-bond donors (Lipinski definition) is 0. The number of hydrogen-bond acceptors (Lipinski definition) is 5. The monoisotopic (exact) mass is 642 g/mol. The minimum atomic E-state index is 0.572. The highest BCUT2D eigenvalue weighted by Gasteiger charge is 2.17. The summed E-state index contributed by atoms with van der Waals surface area (Å²) in [6.45, 7) is 2.11. The largest absolute Gasteiger partial charge is 0.438 e. The number of aryl methyl sites for hydroxylation is 1. The molecule has 5 nitrogen and oxygen atoms in total. The Bertz CT molecular complexity index is 2650. The molecule has 0 atom stereocenters. The molecule has 3 aromatic heterocycles. The third-order valence-electron chi connectivity index (χ3n) is 9.07. The lowest BCUT2D eigenvalue weighted by atomic mass is 9.97. The highest BCUT2D eigenvalue weighted by Crippen LogP contribution is 2.38. The van der Waals surface area contributed by atoms with Gasteiger partial charge < -0.3 is 4.42 Å². The van der Waals surface area contributed by atoms with Gasteiger partial charge in [-0.1, -0.05) is 139 Å².